The Morgan fingerprint density at radius 2 is 1.22 bits per heavy atom. The number of benzene rings is 4. The fraction of sp³-hybridized carbons (Fsp3) is 0. The van der Waals surface area contributed by atoms with E-state index in [4.69, 9.17) is 14.7 Å². The molecule has 0 saturated carbocycles. The number of nitrogens with zero attached hydrogens (tertiary/aromatic N) is 4. The first-order valence-electron chi connectivity index (χ1n) is 13.6. The molecule has 0 unspecified atom stereocenters. The Bertz CT molecular complexity index is 2010. The summed E-state index contributed by atoms with van der Waals surface area (Å²) in [5.41, 5.74) is 7.26. The summed E-state index contributed by atoms with van der Waals surface area (Å²) in [6.07, 6.45) is 7.94. The van der Waals surface area contributed by atoms with Gasteiger partial charge in [0.05, 0.1) is 22.6 Å². The molecule has 8 rings (SSSR count). The maximum atomic E-state index is 6.48. The van der Waals surface area contributed by atoms with Gasteiger partial charge in [0.1, 0.15) is 23.0 Å². The molecular weight excluding hydrogens is 504 g/mol. The standard InChI is InChI=1S/C36H24N4O/c1-3-17-33-25(9-1)19-20-26-10-7-21-37-35(26)39(33)27-11-5-13-29(23-27)41-30-14-6-12-28(24-30)40-34-18-4-2-15-31(34)32-16-8-22-38-36(32)40/h1-24H. The smallest absolute Gasteiger partial charge is 0.145 e. The van der Waals surface area contributed by atoms with Gasteiger partial charge in [-0.25, -0.2) is 9.97 Å². The van der Waals surface area contributed by atoms with Crippen LogP contribution in [-0.2, 0) is 0 Å². The second kappa shape index (κ2) is 9.50. The first-order chi connectivity index (χ1) is 20.3. The van der Waals surface area contributed by atoms with Crippen molar-refractivity contribution in [2.24, 2.45) is 0 Å². The minimum absolute atomic E-state index is 0.743. The van der Waals surface area contributed by atoms with Crippen molar-refractivity contribution < 1.29 is 4.74 Å². The van der Waals surface area contributed by atoms with Crippen LogP contribution < -0.4 is 9.64 Å². The van der Waals surface area contributed by atoms with E-state index in [1.54, 1.807) is 0 Å². The first kappa shape index (κ1) is 23.2. The molecule has 7 aromatic rings. The van der Waals surface area contributed by atoms with Crippen molar-refractivity contribution in [3.05, 3.63) is 145 Å². The molecule has 0 aliphatic carbocycles. The monoisotopic (exact) mass is 528 g/mol. The average Bonchev–Trinajstić information content (AvgIpc) is 3.26. The van der Waals surface area contributed by atoms with E-state index in [2.05, 4.69) is 107 Å². The van der Waals surface area contributed by atoms with E-state index in [1.807, 2.05) is 48.8 Å². The van der Waals surface area contributed by atoms with Crippen LogP contribution in [0.1, 0.15) is 11.1 Å². The molecule has 0 saturated heterocycles. The van der Waals surface area contributed by atoms with E-state index < -0.39 is 0 Å². The molecule has 41 heavy (non-hydrogen) atoms. The van der Waals surface area contributed by atoms with Crippen LogP contribution in [0.25, 0.3) is 39.8 Å². The SMILES string of the molecule is C1=Cc2cccnc2N(c2cccc(Oc3cccc(-n4c5ccccc5c5cccnc54)c3)c2)c2ccccc21. The number of para-hydroxylation sites is 2. The van der Waals surface area contributed by atoms with Gasteiger partial charge in [-0.05, 0) is 66.2 Å². The van der Waals surface area contributed by atoms with E-state index in [1.165, 1.54) is 5.39 Å². The molecule has 1 aliphatic heterocycles. The molecule has 0 N–H and O–H groups in total. The van der Waals surface area contributed by atoms with Crippen LogP contribution in [0.5, 0.6) is 11.5 Å². The van der Waals surface area contributed by atoms with Crippen LogP contribution in [0.3, 0.4) is 0 Å². The number of rotatable bonds is 4. The van der Waals surface area contributed by atoms with E-state index in [9.17, 15) is 0 Å². The largest absolute Gasteiger partial charge is 0.457 e. The number of hydrogen-bond acceptors (Lipinski definition) is 4. The van der Waals surface area contributed by atoms with Crippen LogP contribution in [0.2, 0.25) is 0 Å². The quantitative estimate of drug-likeness (QED) is 0.228. The molecule has 0 amide bonds. The van der Waals surface area contributed by atoms with Crippen LogP contribution in [-0.4, -0.2) is 14.5 Å². The summed E-state index contributed by atoms with van der Waals surface area (Å²) in [7, 11) is 0. The third kappa shape index (κ3) is 3.95. The third-order valence-electron chi connectivity index (χ3n) is 7.47. The molecule has 4 aromatic carbocycles. The lowest BCUT2D eigenvalue weighted by Crippen LogP contribution is -2.13. The lowest BCUT2D eigenvalue weighted by Gasteiger charge is -2.26. The summed E-state index contributed by atoms with van der Waals surface area (Å²) in [6.45, 7) is 0. The summed E-state index contributed by atoms with van der Waals surface area (Å²) in [6, 6.07) is 41.3. The summed E-state index contributed by atoms with van der Waals surface area (Å²) in [5, 5.41) is 2.30. The van der Waals surface area contributed by atoms with Crippen LogP contribution in [0, 0.1) is 0 Å². The Morgan fingerprint density at radius 1 is 0.537 bits per heavy atom. The van der Waals surface area contributed by atoms with E-state index in [0.717, 1.165) is 62.1 Å². The molecule has 4 heterocycles. The van der Waals surface area contributed by atoms with Crippen molar-refractivity contribution in [2.45, 2.75) is 0 Å². The van der Waals surface area contributed by atoms with Gasteiger partial charge in [-0.3, -0.25) is 9.47 Å². The molecule has 0 radical (unpaired) electrons. The van der Waals surface area contributed by atoms with Gasteiger partial charge in [-0.2, -0.15) is 0 Å². The molecule has 3 aromatic heterocycles. The van der Waals surface area contributed by atoms with Crippen molar-refractivity contribution in [3.8, 4) is 17.2 Å². The molecule has 5 nitrogen and oxygen atoms in total. The Morgan fingerprint density at radius 3 is 2.15 bits per heavy atom. The molecule has 1 aliphatic rings. The van der Waals surface area contributed by atoms with Gasteiger partial charge in [0.15, 0.2) is 0 Å². The zero-order chi connectivity index (χ0) is 27.2. The Balaban J connectivity index is 1.20. The predicted molar refractivity (Wildman–Crippen MR) is 166 cm³/mol. The van der Waals surface area contributed by atoms with Gasteiger partial charge in [0, 0.05) is 40.9 Å². The highest BCUT2D eigenvalue weighted by atomic mass is 16.5. The second-order valence-electron chi connectivity index (χ2n) is 9.97. The Kier molecular flexibility index (Phi) is 5.38. The molecule has 0 atom stereocenters. The number of aromatic nitrogens is 3. The lowest BCUT2D eigenvalue weighted by atomic mass is 10.1. The van der Waals surface area contributed by atoms with Gasteiger partial charge < -0.3 is 4.74 Å². The van der Waals surface area contributed by atoms with Crippen LogP contribution in [0.15, 0.2) is 134 Å². The zero-order valence-corrected chi connectivity index (χ0v) is 22.1. The number of fused-ring (bicyclic) bond motifs is 5. The third-order valence-corrected chi connectivity index (χ3v) is 7.47. The minimum Gasteiger partial charge on any atom is -0.457 e. The lowest BCUT2D eigenvalue weighted by molar-refractivity contribution is 0.482. The average molecular weight is 529 g/mol. The van der Waals surface area contributed by atoms with Crippen molar-refractivity contribution in [3.63, 3.8) is 0 Å². The molecular formula is C36H24N4O. The first-order valence-corrected chi connectivity index (χ1v) is 13.6. The zero-order valence-electron chi connectivity index (χ0n) is 22.1. The summed E-state index contributed by atoms with van der Waals surface area (Å²) in [5.74, 6) is 2.37. The molecule has 5 heteroatoms. The van der Waals surface area contributed by atoms with Crippen molar-refractivity contribution in [2.75, 3.05) is 4.90 Å². The van der Waals surface area contributed by atoms with Crippen molar-refractivity contribution in [1.82, 2.24) is 14.5 Å². The maximum absolute atomic E-state index is 6.48. The van der Waals surface area contributed by atoms with Crippen LogP contribution >= 0.6 is 0 Å². The number of pyridine rings is 2. The normalized spacial score (nSPS) is 12.2. The fourth-order valence-electron chi connectivity index (χ4n) is 5.68. The molecule has 0 spiro atoms. The number of anilines is 3. The van der Waals surface area contributed by atoms with Gasteiger partial charge in [0.25, 0.3) is 0 Å². The summed E-state index contributed by atoms with van der Waals surface area (Å²) < 4.78 is 8.68. The predicted octanol–water partition coefficient (Wildman–Crippen LogP) is 9.32. The summed E-state index contributed by atoms with van der Waals surface area (Å²) >= 11 is 0. The number of ether oxygens (including phenoxy) is 1. The van der Waals surface area contributed by atoms with E-state index >= 15 is 0 Å². The van der Waals surface area contributed by atoms with E-state index in [-0.39, 0.29) is 0 Å². The molecule has 0 bridgehead atoms. The highest BCUT2D eigenvalue weighted by Gasteiger charge is 2.21. The van der Waals surface area contributed by atoms with Gasteiger partial charge >= 0.3 is 0 Å². The van der Waals surface area contributed by atoms with Crippen molar-refractivity contribution >= 4 is 51.3 Å². The molecule has 0 fully saturated rings. The van der Waals surface area contributed by atoms with Crippen LogP contribution in [0.4, 0.5) is 17.2 Å². The Labute approximate surface area is 237 Å². The second-order valence-corrected chi connectivity index (χ2v) is 9.97. The van der Waals surface area contributed by atoms with Gasteiger partial charge in [-0.15, -0.1) is 0 Å². The summed E-state index contributed by atoms with van der Waals surface area (Å²) in [4.78, 5) is 11.7. The highest BCUT2D eigenvalue weighted by molar-refractivity contribution is 6.07. The van der Waals surface area contributed by atoms with Crippen molar-refractivity contribution in [1.29, 1.82) is 0 Å². The number of hydrogen-bond donors (Lipinski definition) is 0. The highest BCUT2D eigenvalue weighted by Crippen LogP contribution is 2.42. The topological polar surface area (TPSA) is 43.2 Å². The fourth-order valence-corrected chi connectivity index (χ4v) is 5.68. The molecule has 194 valence electrons. The van der Waals surface area contributed by atoms with Gasteiger partial charge in [-0.1, -0.05) is 60.7 Å². The van der Waals surface area contributed by atoms with E-state index in [0.29, 0.717) is 0 Å². The Hall–Kier alpha value is -5.68. The van der Waals surface area contributed by atoms with Gasteiger partial charge in [0.2, 0.25) is 0 Å². The minimum atomic E-state index is 0.743. The maximum Gasteiger partial charge on any atom is 0.145 e.